The minimum absolute atomic E-state index is 0.0566. The van der Waals surface area contributed by atoms with Gasteiger partial charge in [0.25, 0.3) is 11.8 Å². The Morgan fingerprint density at radius 2 is 1.82 bits per heavy atom. The van der Waals surface area contributed by atoms with Crippen molar-refractivity contribution in [3.8, 4) is 0 Å². The second-order valence-corrected chi connectivity index (χ2v) is 8.03. The molecule has 1 fully saturated rings. The van der Waals surface area contributed by atoms with Gasteiger partial charge in [-0.05, 0) is 18.6 Å². The summed E-state index contributed by atoms with van der Waals surface area (Å²) in [4.78, 5) is 38.3. The molecule has 0 radical (unpaired) electrons. The molecule has 0 bridgehead atoms. The first kappa shape index (κ1) is 22.2. The number of carbonyl (C=O) groups excluding carboxylic acids is 2. The third kappa shape index (κ3) is 3.54. The Morgan fingerprint density at radius 1 is 1.12 bits per heavy atom. The summed E-state index contributed by atoms with van der Waals surface area (Å²) in [5.41, 5.74) is 12.9. The monoisotopic (exact) mass is 469 g/mol. The number of imidazole rings is 1. The van der Waals surface area contributed by atoms with Gasteiger partial charge in [0.1, 0.15) is 23.8 Å². The Hall–Kier alpha value is -3.65. The van der Waals surface area contributed by atoms with Crippen LogP contribution in [0, 0.1) is 0 Å². The number of nitrogens with two attached hydrogens (primary N) is 2. The maximum Gasteiger partial charge on any atom is 0.261 e. The normalized spacial score (nSPS) is 24.4. The number of rotatable bonds is 7. The number of amides is 2. The number of fused-ring (bicyclic) bond motifs is 2. The number of aliphatic hydroxyl groups is 2. The summed E-state index contributed by atoms with van der Waals surface area (Å²) < 4.78 is 13.1. The second-order valence-electron chi connectivity index (χ2n) is 8.03. The van der Waals surface area contributed by atoms with E-state index in [2.05, 4.69) is 15.0 Å². The van der Waals surface area contributed by atoms with E-state index in [1.54, 1.807) is 24.3 Å². The first-order chi connectivity index (χ1) is 16.4. The van der Waals surface area contributed by atoms with Gasteiger partial charge in [-0.15, -0.1) is 0 Å². The fourth-order valence-electron chi connectivity index (χ4n) is 4.33. The van der Waals surface area contributed by atoms with Crippen LogP contribution in [0.1, 0.15) is 33.4 Å². The number of benzene rings is 1. The van der Waals surface area contributed by atoms with E-state index >= 15 is 0 Å². The van der Waals surface area contributed by atoms with Crippen LogP contribution in [0.25, 0.3) is 11.2 Å². The van der Waals surface area contributed by atoms with E-state index in [9.17, 15) is 19.8 Å². The number of nitrogens with zero attached hydrogens (tertiary/aromatic N) is 5. The number of nitrogen functional groups attached to an aromatic ring is 2. The van der Waals surface area contributed by atoms with Crippen LogP contribution >= 0.6 is 0 Å². The predicted molar refractivity (Wildman–Crippen MR) is 117 cm³/mol. The number of hydrogen-bond acceptors (Lipinski definition) is 11. The summed E-state index contributed by atoms with van der Waals surface area (Å²) in [6.07, 6.45) is -2.10. The van der Waals surface area contributed by atoms with Crippen molar-refractivity contribution in [1.29, 1.82) is 0 Å². The van der Waals surface area contributed by atoms with Crippen molar-refractivity contribution in [3.05, 3.63) is 41.7 Å². The molecular formula is C21H23N7O6. The molecule has 2 aromatic heterocycles. The molecule has 4 atom stereocenters. The lowest BCUT2D eigenvalue weighted by molar-refractivity contribution is -0.0610. The lowest BCUT2D eigenvalue weighted by Crippen LogP contribution is -2.37. The fraction of sp³-hybridized carbons (Fsp3) is 0.381. The lowest BCUT2D eigenvalue weighted by Gasteiger charge is -2.21. The molecule has 13 heteroatoms. The lowest BCUT2D eigenvalue weighted by atomic mass is 10.1. The molecule has 2 amide bonds. The molecule has 1 aromatic carbocycles. The van der Waals surface area contributed by atoms with Crippen molar-refractivity contribution in [1.82, 2.24) is 24.4 Å². The molecular weight excluding hydrogens is 446 g/mol. The molecule has 2 aliphatic rings. The molecule has 34 heavy (non-hydrogen) atoms. The molecule has 0 saturated carbocycles. The number of anilines is 2. The van der Waals surface area contributed by atoms with Gasteiger partial charge < -0.3 is 31.2 Å². The number of ether oxygens (including phenoxy) is 2. The summed E-state index contributed by atoms with van der Waals surface area (Å²) in [7, 11) is 0. The zero-order valence-corrected chi connectivity index (χ0v) is 17.9. The van der Waals surface area contributed by atoms with E-state index in [-0.39, 0.29) is 42.4 Å². The fourth-order valence-corrected chi connectivity index (χ4v) is 4.33. The SMILES string of the molecule is Nc1nc(N)c2ncn([C@@H]3O[C@H](CO)[C@@H](OCCCN4C(=O)c5ccccc5C4=O)[C@H]3O)c2n1. The highest BCUT2D eigenvalue weighted by atomic mass is 16.6. The third-order valence-corrected chi connectivity index (χ3v) is 5.94. The first-order valence-corrected chi connectivity index (χ1v) is 10.7. The molecule has 0 spiro atoms. The van der Waals surface area contributed by atoms with Crippen LogP contribution in [-0.4, -0.2) is 84.5 Å². The summed E-state index contributed by atoms with van der Waals surface area (Å²) in [5.74, 6) is -0.649. The van der Waals surface area contributed by atoms with Crippen LogP contribution < -0.4 is 11.5 Å². The molecule has 1 saturated heterocycles. The van der Waals surface area contributed by atoms with Gasteiger partial charge in [0.05, 0.1) is 24.1 Å². The summed E-state index contributed by atoms with van der Waals surface area (Å²) in [5, 5.41) is 20.7. The number of imide groups is 1. The van der Waals surface area contributed by atoms with Gasteiger partial charge in [-0.25, -0.2) is 4.98 Å². The summed E-state index contributed by atoms with van der Waals surface area (Å²) >= 11 is 0. The topological polar surface area (TPSA) is 192 Å². The van der Waals surface area contributed by atoms with Crippen LogP contribution in [0.15, 0.2) is 30.6 Å². The molecule has 0 aliphatic carbocycles. The Morgan fingerprint density at radius 3 is 2.50 bits per heavy atom. The van der Waals surface area contributed by atoms with Gasteiger partial charge in [0.15, 0.2) is 17.7 Å². The van der Waals surface area contributed by atoms with Gasteiger partial charge >= 0.3 is 0 Å². The van der Waals surface area contributed by atoms with Gasteiger partial charge in [-0.3, -0.25) is 19.1 Å². The number of aromatic nitrogens is 4. The quantitative estimate of drug-likeness (QED) is 0.253. The molecule has 13 nitrogen and oxygen atoms in total. The van der Waals surface area contributed by atoms with Gasteiger partial charge in [0, 0.05) is 13.2 Å². The van der Waals surface area contributed by atoms with E-state index in [0.717, 1.165) is 0 Å². The highest BCUT2D eigenvalue weighted by Gasteiger charge is 2.46. The average Bonchev–Trinajstić information content (AvgIpc) is 3.45. The maximum absolute atomic E-state index is 12.5. The molecule has 178 valence electrons. The van der Waals surface area contributed by atoms with E-state index in [4.69, 9.17) is 20.9 Å². The van der Waals surface area contributed by atoms with Gasteiger partial charge in [-0.1, -0.05) is 12.1 Å². The second kappa shape index (κ2) is 8.61. The van der Waals surface area contributed by atoms with Crippen LogP contribution in [0.4, 0.5) is 11.8 Å². The smallest absolute Gasteiger partial charge is 0.261 e. The summed E-state index contributed by atoms with van der Waals surface area (Å²) in [6, 6.07) is 6.66. The average molecular weight is 469 g/mol. The van der Waals surface area contributed by atoms with Crippen LogP contribution in [0.3, 0.4) is 0 Å². The van der Waals surface area contributed by atoms with Crippen molar-refractivity contribution in [2.24, 2.45) is 0 Å². The van der Waals surface area contributed by atoms with Crippen LogP contribution in [0.5, 0.6) is 0 Å². The van der Waals surface area contributed by atoms with Crippen molar-refractivity contribution in [3.63, 3.8) is 0 Å². The van der Waals surface area contributed by atoms with Crippen molar-refractivity contribution >= 4 is 34.7 Å². The van der Waals surface area contributed by atoms with Crippen molar-refractivity contribution in [2.45, 2.75) is 31.0 Å². The van der Waals surface area contributed by atoms with Crippen molar-refractivity contribution < 1.29 is 29.3 Å². The van der Waals surface area contributed by atoms with Gasteiger partial charge in [-0.2, -0.15) is 9.97 Å². The zero-order valence-electron chi connectivity index (χ0n) is 17.9. The summed E-state index contributed by atoms with van der Waals surface area (Å²) in [6.45, 7) is -0.123. The highest BCUT2D eigenvalue weighted by molar-refractivity contribution is 6.21. The molecule has 0 unspecified atom stereocenters. The Labute approximate surface area is 192 Å². The molecule has 4 heterocycles. The van der Waals surface area contributed by atoms with E-state index in [1.165, 1.54) is 15.8 Å². The molecule has 6 N–H and O–H groups in total. The first-order valence-electron chi connectivity index (χ1n) is 10.7. The maximum atomic E-state index is 12.5. The Bertz CT molecular complexity index is 1230. The zero-order chi connectivity index (χ0) is 24.0. The molecule has 2 aliphatic heterocycles. The predicted octanol–water partition coefficient (Wildman–Crippen LogP) is -0.687. The Balaban J connectivity index is 1.24. The molecule has 3 aromatic rings. The Kier molecular flexibility index (Phi) is 5.61. The number of carbonyl (C=O) groups is 2. The van der Waals surface area contributed by atoms with Crippen LogP contribution in [0.2, 0.25) is 0 Å². The van der Waals surface area contributed by atoms with E-state index in [0.29, 0.717) is 23.1 Å². The van der Waals surface area contributed by atoms with Gasteiger partial charge in [0.2, 0.25) is 5.95 Å². The standard InChI is InChI=1S/C21H23N7O6/c22-16-13-17(26-21(23)25-16)28(9-24-13)20-14(30)15(12(8-29)34-20)33-7-3-6-27-18(31)10-4-1-2-5-11(10)19(27)32/h1-2,4-5,9,12,14-15,20,29-30H,3,6-8H2,(H4,22,23,25,26)/t12-,14-,15-,20-/m1/s1. The largest absolute Gasteiger partial charge is 0.394 e. The number of hydrogen-bond donors (Lipinski definition) is 4. The van der Waals surface area contributed by atoms with E-state index in [1.807, 2.05) is 0 Å². The third-order valence-electron chi connectivity index (χ3n) is 5.94. The number of aliphatic hydroxyl groups excluding tert-OH is 2. The minimum Gasteiger partial charge on any atom is -0.394 e. The van der Waals surface area contributed by atoms with Crippen LogP contribution in [-0.2, 0) is 9.47 Å². The highest BCUT2D eigenvalue weighted by Crippen LogP contribution is 2.34. The molecule has 5 rings (SSSR count). The van der Waals surface area contributed by atoms with Crippen molar-refractivity contribution in [2.75, 3.05) is 31.2 Å². The van der Waals surface area contributed by atoms with E-state index < -0.39 is 31.1 Å². The minimum atomic E-state index is -1.17.